The van der Waals surface area contributed by atoms with E-state index in [0.29, 0.717) is 0 Å². The van der Waals surface area contributed by atoms with Crippen LogP contribution in [-0.2, 0) is 18.8 Å². The molecule has 1 unspecified atom stereocenters. The number of carbonyl (C=O) groups is 2. The third-order valence-electron chi connectivity index (χ3n) is 4.72. The van der Waals surface area contributed by atoms with Crippen LogP contribution in [0.1, 0.15) is 55.4 Å². The molecule has 2 heterocycles. The Morgan fingerprint density at radius 1 is 1.25 bits per heavy atom. The average molecular weight is 337 g/mol. The van der Waals surface area contributed by atoms with Crippen molar-refractivity contribution < 1.29 is 23.6 Å². The normalized spacial score (nSPS) is 26.4. The Morgan fingerprint density at radius 3 is 2.21 bits per heavy atom. The molecule has 1 atom stereocenters. The standard InChI is InChI=1S/C17H28BNO5/c1-11-10-19(14(21)22-15(2,3)4)13(20)9-12(11)18-23-16(5,6)17(7,8)24-18/h9,11H,10H2,1-8H3. The maximum atomic E-state index is 12.4. The van der Waals surface area contributed by atoms with E-state index >= 15 is 0 Å². The van der Waals surface area contributed by atoms with E-state index in [1.165, 1.54) is 6.08 Å². The predicted octanol–water partition coefficient (Wildman–Crippen LogP) is 2.96. The minimum Gasteiger partial charge on any atom is -0.443 e. The molecule has 2 amide bonds. The van der Waals surface area contributed by atoms with Crippen LogP contribution in [0.25, 0.3) is 0 Å². The molecule has 6 nitrogen and oxygen atoms in total. The second-order valence-corrected chi connectivity index (χ2v) is 8.56. The van der Waals surface area contributed by atoms with Gasteiger partial charge in [0.05, 0.1) is 11.2 Å². The summed E-state index contributed by atoms with van der Waals surface area (Å²) in [4.78, 5) is 25.7. The van der Waals surface area contributed by atoms with Gasteiger partial charge in [0.1, 0.15) is 5.60 Å². The molecule has 0 radical (unpaired) electrons. The zero-order valence-electron chi connectivity index (χ0n) is 15.9. The first-order chi connectivity index (χ1) is 10.7. The van der Waals surface area contributed by atoms with E-state index in [1.807, 2.05) is 34.6 Å². The summed E-state index contributed by atoms with van der Waals surface area (Å²) in [5.74, 6) is -0.461. The van der Waals surface area contributed by atoms with Crippen molar-refractivity contribution >= 4 is 19.1 Å². The summed E-state index contributed by atoms with van der Waals surface area (Å²) < 4.78 is 17.3. The minimum atomic E-state index is -0.643. The largest absolute Gasteiger partial charge is 0.491 e. The smallest absolute Gasteiger partial charge is 0.443 e. The van der Waals surface area contributed by atoms with Crippen LogP contribution in [0, 0.1) is 5.92 Å². The van der Waals surface area contributed by atoms with Crippen molar-refractivity contribution in [2.75, 3.05) is 6.54 Å². The molecule has 1 fully saturated rings. The van der Waals surface area contributed by atoms with Crippen molar-refractivity contribution in [3.8, 4) is 0 Å². The van der Waals surface area contributed by atoms with Gasteiger partial charge in [0, 0.05) is 6.54 Å². The fraction of sp³-hybridized carbons (Fsp3) is 0.765. The van der Waals surface area contributed by atoms with Gasteiger partial charge in [-0.2, -0.15) is 0 Å². The van der Waals surface area contributed by atoms with Gasteiger partial charge < -0.3 is 14.0 Å². The topological polar surface area (TPSA) is 65.1 Å². The van der Waals surface area contributed by atoms with Crippen molar-refractivity contribution in [2.45, 2.75) is 72.2 Å². The molecule has 0 aromatic rings. The van der Waals surface area contributed by atoms with Gasteiger partial charge in [0.2, 0.25) is 0 Å². The highest BCUT2D eigenvalue weighted by atomic mass is 16.7. The van der Waals surface area contributed by atoms with Gasteiger partial charge in [0.15, 0.2) is 0 Å². The molecule has 134 valence electrons. The molecule has 0 bridgehead atoms. The highest BCUT2D eigenvalue weighted by Crippen LogP contribution is 2.40. The molecular weight excluding hydrogens is 309 g/mol. The number of hydrogen-bond acceptors (Lipinski definition) is 5. The van der Waals surface area contributed by atoms with Gasteiger partial charge in [-0.25, -0.2) is 9.69 Å². The fourth-order valence-electron chi connectivity index (χ4n) is 2.59. The summed E-state index contributed by atoms with van der Waals surface area (Å²) in [7, 11) is -0.574. The lowest BCUT2D eigenvalue weighted by Crippen LogP contribution is -2.47. The van der Waals surface area contributed by atoms with Crippen LogP contribution in [0.4, 0.5) is 4.79 Å². The molecule has 24 heavy (non-hydrogen) atoms. The molecule has 2 rings (SSSR count). The van der Waals surface area contributed by atoms with Crippen molar-refractivity contribution in [3.63, 3.8) is 0 Å². The molecule has 7 heteroatoms. The quantitative estimate of drug-likeness (QED) is 0.688. The van der Waals surface area contributed by atoms with E-state index in [-0.39, 0.29) is 12.5 Å². The Hall–Kier alpha value is -1.34. The average Bonchev–Trinajstić information content (AvgIpc) is 2.58. The second-order valence-electron chi connectivity index (χ2n) is 8.56. The Kier molecular flexibility index (Phi) is 4.65. The predicted molar refractivity (Wildman–Crippen MR) is 91.3 cm³/mol. The summed E-state index contributed by atoms with van der Waals surface area (Å²) in [6.07, 6.45) is 0.823. The van der Waals surface area contributed by atoms with Gasteiger partial charge >= 0.3 is 13.2 Å². The van der Waals surface area contributed by atoms with Crippen LogP contribution < -0.4 is 0 Å². The monoisotopic (exact) mass is 337 g/mol. The zero-order valence-corrected chi connectivity index (χ0v) is 15.9. The number of ether oxygens (including phenoxy) is 1. The molecule has 0 N–H and O–H groups in total. The molecule has 0 aliphatic carbocycles. The van der Waals surface area contributed by atoms with Crippen molar-refractivity contribution in [1.82, 2.24) is 4.90 Å². The van der Waals surface area contributed by atoms with Gasteiger partial charge in [-0.15, -0.1) is 0 Å². The van der Waals surface area contributed by atoms with E-state index in [9.17, 15) is 9.59 Å². The number of rotatable bonds is 1. The maximum absolute atomic E-state index is 12.4. The second kappa shape index (κ2) is 5.88. The number of nitrogens with zero attached hydrogens (tertiary/aromatic N) is 1. The molecule has 1 saturated heterocycles. The van der Waals surface area contributed by atoms with Gasteiger partial charge in [0.25, 0.3) is 5.91 Å². The van der Waals surface area contributed by atoms with Gasteiger partial charge in [-0.3, -0.25) is 4.79 Å². The first-order valence-corrected chi connectivity index (χ1v) is 8.35. The molecule has 0 aromatic heterocycles. The first kappa shape index (κ1) is 19.0. The van der Waals surface area contributed by atoms with E-state index in [0.717, 1.165) is 10.4 Å². The first-order valence-electron chi connectivity index (χ1n) is 8.35. The molecular formula is C17H28BNO5. The zero-order chi connectivity index (χ0) is 18.5. The highest BCUT2D eigenvalue weighted by molar-refractivity contribution is 6.55. The van der Waals surface area contributed by atoms with Gasteiger partial charge in [-0.05, 0) is 65.9 Å². The summed E-state index contributed by atoms with van der Waals surface area (Å²) in [5, 5.41) is 0. The number of carbonyl (C=O) groups excluding carboxylic acids is 2. The Balaban J connectivity index is 2.17. The fourth-order valence-corrected chi connectivity index (χ4v) is 2.59. The summed E-state index contributed by atoms with van der Waals surface area (Å²) in [6.45, 7) is 15.4. The van der Waals surface area contributed by atoms with E-state index in [1.54, 1.807) is 20.8 Å². The van der Waals surface area contributed by atoms with E-state index < -0.39 is 35.9 Å². The lowest BCUT2D eigenvalue weighted by atomic mass is 9.69. The third-order valence-corrected chi connectivity index (χ3v) is 4.72. The van der Waals surface area contributed by atoms with Gasteiger partial charge in [-0.1, -0.05) is 6.92 Å². The van der Waals surface area contributed by atoms with Crippen molar-refractivity contribution in [3.05, 3.63) is 11.5 Å². The van der Waals surface area contributed by atoms with E-state index in [4.69, 9.17) is 14.0 Å². The number of hydrogen-bond donors (Lipinski definition) is 0. The number of amides is 2. The molecule has 0 spiro atoms. The van der Waals surface area contributed by atoms with Crippen LogP contribution in [0.5, 0.6) is 0 Å². The Labute approximate surface area is 144 Å². The van der Waals surface area contributed by atoms with Crippen LogP contribution in [0.15, 0.2) is 11.5 Å². The number of imide groups is 1. The summed E-state index contributed by atoms with van der Waals surface area (Å²) in [6, 6.07) is 0. The van der Waals surface area contributed by atoms with Crippen LogP contribution in [-0.4, -0.2) is 47.4 Å². The lowest BCUT2D eigenvalue weighted by molar-refractivity contribution is -0.126. The maximum Gasteiger partial charge on any atom is 0.491 e. The van der Waals surface area contributed by atoms with Crippen molar-refractivity contribution in [2.24, 2.45) is 5.92 Å². The summed E-state index contributed by atoms with van der Waals surface area (Å²) >= 11 is 0. The minimum absolute atomic E-state index is 0.0649. The lowest BCUT2D eigenvalue weighted by Gasteiger charge is -2.32. The Bertz CT molecular complexity index is 560. The van der Waals surface area contributed by atoms with Crippen molar-refractivity contribution in [1.29, 1.82) is 0 Å². The molecule has 0 saturated carbocycles. The van der Waals surface area contributed by atoms with Crippen LogP contribution in [0.2, 0.25) is 0 Å². The third kappa shape index (κ3) is 3.67. The molecule has 2 aliphatic heterocycles. The van der Waals surface area contributed by atoms with Crippen LogP contribution in [0.3, 0.4) is 0 Å². The van der Waals surface area contributed by atoms with Crippen LogP contribution >= 0.6 is 0 Å². The van der Waals surface area contributed by atoms with E-state index in [2.05, 4.69) is 0 Å². The molecule has 2 aliphatic rings. The summed E-state index contributed by atoms with van der Waals surface area (Å²) in [5.41, 5.74) is -0.817. The Morgan fingerprint density at radius 2 is 1.75 bits per heavy atom. The highest BCUT2D eigenvalue weighted by Gasteiger charge is 2.54. The SMILES string of the molecule is CC1CN(C(=O)OC(C)(C)C)C(=O)C=C1B1OC(C)(C)C(C)(C)O1. The molecule has 0 aromatic carbocycles.